The van der Waals surface area contributed by atoms with Crippen LogP contribution < -0.4 is 5.32 Å². The van der Waals surface area contributed by atoms with Crippen LogP contribution in [-0.4, -0.2) is 48.9 Å². The quantitative estimate of drug-likeness (QED) is 0.842. The zero-order valence-electron chi connectivity index (χ0n) is 13.5. The Kier molecular flexibility index (Phi) is 4.51. The van der Waals surface area contributed by atoms with Gasteiger partial charge in [-0.05, 0) is 31.1 Å². The normalized spacial score (nSPS) is 33.6. The van der Waals surface area contributed by atoms with Gasteiger partial charge in [0.2, 0.25) is 0 Å². The minimum absolute atomic E-state index is 0.102. The van der Waals surface area contributed by atoms with Crippen molar-refractivity contribution in [2.45, 2.75) is 62.8 Å². The fourth-order valence-corrected chi connectivity index (χ4v) is 4.41. The standard InChI is InChI=1S/C16H25F3N2O2/c1-23-15(16(17,18)19)9-21(10-15)14(22)20-13-7-6-11-4-2-3-5-12(11)8-13/h11-13H,2-10H2,1H3,(H,20,22). The fraction of sp³-hybridized carbons (Fsp3) is 0.938. The largest absolute Gasteiger partial charge is 0.420 e. The third-order valence-corrected chi connectivity index (χ3v) is 5.95. The monoisotopic (exact) mass is 334 g/mol. The van der Waals surface area contributed by atoms with Crippen molar-refractivity contribution in [2.75, 3.05) is 20.2 Å². The molecular formula is C16H25F3N2O2. The van der Waals surface area contributed by atoms with Crippen LogP contribution in [-0.2, 0) is 4.74 Å². The summed E-state index contributed by atoms with van der Waals surface area (Å²) < 4.78 is 43.5. The zero-order valence-corrected chi connectivity index (χ0v) is 13.5. The molecular weight excluding hydrogens is 309 g/mol. The first kappa shape index (κ1) is 16.9. The van der Waals surface area contributed by atoms with Crippen LogP contribution in [0.25, 0.3) is 0 Å². The molecule has 7 heteroatoms. The van der Waals surface area contributed by atoms with E-state index in [1.807, 2.05) is 0 Å². The van der Waals surface area contributed by atoms with Gasteiger partial charge in [-0.25, -0.2) is 4.79 Å². The number of halogens is 3. The first-order valence-corrected chi connectivity index (χ1v) is 8.52. The minimum atomic E-state index is -4.45. The van der Waals surface area contributed by atoms with Crippen LogP contribution in [0.4, 0.5) is 18.0 Å². The summed E-state index contributed by atoms with van der Waals surface area (Å²) in [5.74, 6) is 1.46. The molecule has 0 aromatic rings. The van der Waals surface area contributed by atoms with Crippen molar-refractivity contribution in [3.8, 4) is 0 Å². The SMILES string of the molecule is COC1(C(F)(F)F)CN(C(=O)NC2CCC3CCCCC3C2)C1. The van der Waals surface area contributed by atoms with Crippen LogP contribution in [0.1, 0.15) is 44.9 Å². The Morgan fingerprint density at radius 3 is 2.39 bits per heavy atom. The second-order valence-electron chi connectivity index (χ2n) is 7.32. The summed E-state index contributed by atoms with van der Waals surface area (Å²) in [7, 11) is 1.05. The van der Waals surface area contributed by atoms with Crippen molar-refractivity contribution in [3.05, 3.63) is 0 Å². The molecule has 0 aromatic heterocycles. The van der Waals surface area contributed by atoms with Gasteiger partial charge in [-0.2, -0.15) is 13.2 Å². The van der Waals surface area contributed by atoms with Gasteiger partial charge in [0.1, 0.15) is 0 Å². The van der Waals surface area contributed by atoms with E-state index in [0.29, 0.717) is 5.92 Å². The van der Waals surface area contributed by atoms with E-state index in [1.165, 1.54) is 30.6 Å². The number of ether oxygens (including phenoxy) is 1. The number of hydrogen-bond donors (Lipinski definition) is 1. The molecule has 132 valence electrons. The first-order valence-electron chi connectivity index (χ1n) is 8.52. The number of hydrogen-bond acceptors (Lipinski definition) is 2. The highest BCUT2D eigenvalue weighted by Gasteiger charge is 2.63. The predicted octanol–water partition coefficient (Wildman–Crippen LogP) is 3.32. The molecule has 3 aliphatic rings. The van der Waals surface area contributed by atoms with Gasteiger partial charge in [-0.1, -0.05) is 25.7 Å². The van der Waals surface area contributed by atoms with Gasteiger partial charge in [0, 0.05) is 13.2 Å². The number of fused-ring (bicyclic) bond motifs is 1. The Hall–Kier alpha value is -0.980. The number of carbonyl (C=O) groups excluding carboxylic acids is 1. The van der Waals surface area contributed by atoms with Crippen LogP contribution in [0.5, 0.6) is 0 Å². The first-order chi connectivity index (χ1) is 10.8. The minimum Gasteiger partial charge on any atom is -0.365 e. The molecule has 2 amide bonds. The second-order valence-corrected chi connectivity index (χ2v) is 7.32. The molecule has 3 unspecified atom stereocenters. The topological polar surface area (TPSA) is 41.6 Å². The molecule has 3 atom stereocenters. The molecule has 0 radical (unpaired) electrons. The van der Waals surface area contributed by atoms with Gasteiger partial charge >= 0.3 is 12.2 Å². The van der Waals surface area contributed by atoms with E-state index >= 15 is 0 Å². The van der Waals surface area contributed by atoms with Crippen molar-refractivity contribution >= 4 is 6.03 Å². The van der Waals surface area contributed by atoms with Crippen LogP contribution in [0.15, 0.2) is 0 Å². The van der Waals surface area contributed by atoms with E-state index in [0.717, 1.165) is 32.3 Å². The van der Waals surface area contributed by atoms with E-state index in [4.69, 9.17) is 0 Å². The summed E-state index contributed by atoms with van der Waals surface area (Å²) in [6.45, 7) is -0.838. The molecule has 1 aliphatic heterocycles. The van der Waals surface area contributed by atoms with E-state index < -0.39 is 24.9 Å². The number of amides is 2. The van der Waals surface area contributed by atoms with Gasteiger partial charge in [0.05, 0.1) is 13.1 Å². The molecule has 1 saturated heterocycles. The fourth-order valence-electron chi connectivity index (χ4n) is 4.41. The lowest BCUT2D eigenvalue weighted by atomic mass is 9.69. The average Bonchev–Trinajstić information content (AvgIpc) is 2.45. The zero-order chi connectivity index (χ0) is 16.7. The van der Waals surface area contributed by atoms with Gasteiger partial charge in [-0.3, -0.25) is 0 Å². The second kappa shape index (κ2) is 6.15. The number of alkyl halides is 3. The molecule has 23 heavy (non-hydrogen) atoms. The highest BCUT2D eigenvalue weighted by molar-refractivity contribution is 5.76. The summed E-state index contributed by atoms with van der Waals surface area (Å²) in [5, 5.41) is 2.93. The van der Waals surface area contributed by atoms with Gasteiger partial charge in [0.25, 0.3) is 0 Å². The lowest BCUT2D eigenvalue weighted by Gasteiger charge is -2.49. The predicted molar refractivity (Wildman–Crippen MR) is 79.0 cm³/mol. The van der Waals surface area contributed by atoms with Crippen LogP contribution in [0.2, 0.25) is 0 Å². The summed E-state index contributed by atoms with van der Waals surface area (Å²) in [6.07, 6.45) is 3.67. The number of rotatable bonds is 2. The highest BCUT2D eigenvalue weighted by atomic mass is 19.4. The number of likely N-dealkylation sites (tertiary alicyclic amines) is 1. The van der Waals surface area contributed by atoms with Gasteiger partial charge in [-0.15, -0.1) is 0 Å². The maximum absolute atomic E-state index is 13.0. The van der Waals surface area contributed by atoms with Crippen molar-refractivity contribution in [3.63, 3.8) is 0 Å². The molecule has 0 aromatic carbocycles. The van der Waals surface area contributed by atoms with E-state index in [-0.39, 0.29) is 12.1 Å². The number of carbonyl (C=O) groups is 1. The Morgan fingerprint density at radius 2 is 1.78 bits per heavy atom. The maximum atomic E-state index is 13.0. The molecule has 2 aliphatic carbocycles. The third-order valence-electron chi connectivity index (χ3n) is 5.95. The van der Waals surface area contributed by atoms with Crippen molar-refractivity contribution < 1.29 is 22.7 Å². The number of nitrogens with one attached hydrogen (secondary N) is 1. The van der Waals surface area contributed by atoms with E-state index in [1.54, 1.807) is 0 Å². The van der Waals surface area contributed by atoms with Crippen LogP contribution in [0.3, 0.4) is 0 Å². The molecule has 3 fully saturated rings. The lowest BCUT2D eigenvalue weighted by Crippen LogP contribution is -2.72. The summed E-state index contributed by atoms with van der Waals surface area (Å²) in [4.78, 5) is 13.4. The van der Waals surface area contributed by atoms with E-state index in [2.05, 4.69) is 10.1 Å². The van der Waals surface area contributed by atoms with Crippen molar-refractivity contribution in [2.24, 2.45) is 11.8 Å². The molecule has 4 nitrogen and oxygen atoms in total. The number of urea groups is 1. The molecule has 0 spiro atoms. The summed E-state index contributed by atoms with van der Waals surface area (Å²) in [5.41, 5.74) is -2.19. The number of methoxy groups -OCH3 is 1. The van der Waals surface area contributed by atoms with Gasteiger partial charge < -0.3 is 15.0 Å². The molecule has 1 N–H and O–H groups in total. The summed E-state index contributed by atoms with van der Waals surface area (Å²) >= 11 is 0. The van der Waals surface area contributed by atoms with Crippen LogP contribution in [0, 0.1) is 11.8 Å². The molecule has 3 rings (SSSR count). The maximum Gasteiger partial charge on any atom is 0.420 e. The highest BCUT2D eigenvalue weighted by Crippen LogP contribution is 2.42. The molecule has 1 heterocycles. The van der Waals surface area contributed by atoms with Crippen molar-refractivity contribution in [1.82, 2.24) is 10.2 Å². The Balaban J connectivity index is 1.49. The van der Waals surface area contributed by atoms with Crippen LogP contribution >= 0.6 is 0 Å². The lowest BCUT2D eigenvalue weighted by molar-refractivity contribution is -0.303. The smallest absolute Gasteiger partial charge is 0.365 e. The molecule has 0 bridgehead atoms. The average molecular weight is 334 g/mol. The van der Waals surface area contributed by atoms with Crippen molar-refractivity contribution in [1.29, 1.82) is 0 Å². The number of nitrogens with zero attached hydrogens (tertiary/aromatic N) is 1. The van der Waals surface area contributed by atoms with E-state index in [9.17, 15) is 18.0 Å². The Labute approximate surface area is 134 Å². The Bertz CT molecular complexity index is 449. The Morgan fingerprint density at radius 1 is 1.13 bits per heavy atom. The van der Waals surface area contributed by atoms with Gasteiger partial charge in [0.15, 0.2) is 5.60 Å². The molecule has 2 saturated carbocycles. The summed E-state index contributed by atoms with van der Waals surface area (Å²) in [6, 6.07) is -0.286. The third kappa shape index (κ3) is 3.16.